The van der Waals surface area contributed by atoms with Gasteiger partial charge in [0, 0.05) is 17.3 Å². The molecule has 1 aromatic rings. The van der Waals surface area contributed by atoms with E-state index in [0.29, 0.717) is 6.04 Å². The Kier molecular flexibility index (Phi) is 6.25. The topological polar surface area (TPSA) is 12.0 Å². The second kappa shape index (κ2) is 7.96. The van der Waals surface area contributed by atoms with Gasteiger partial charge in [-0.05, 0) is 37.5 Å². The molecule has 0 amide bonds. The lowest BCUT2D eigenvalue weighted by Gasteiger charge is -2.23. The fraction of sp³-hybridized carbons (Fsp3) is 0.647. The van der Waals surface area contributed by atoms with Crippen molar-refractivity contribution in [3.8, 4) is 0 Å². The molecule has 0 saturated heterocycles. The highest BCUT2D eigenvalue weighted by atomic mass is 32.2. The fourth-order valence-electron chi connectivity index (χ4n) is 3.03. The van der Waals surface area contributed by atoms with Gasteiger partial charge in [0.25, 0.3) is 0 Å². The summed E-state index contributed by atoms with van der Waals surface area (Å²) in [5.74, 6) is 0. The van der Waals surface area contributed by atoms with E-state index in [9.17, 15) is 0 Å². The summed E-state index contributed by atoms with van der Waals surface area (Å²) in [6, 6.07) is 12.2. The van der Waals surface area contributed by atoms with Crippen LogP contribution in [0.25, 0.3) is 0 Å². The van der Waals surface area contributed by atoms with Crippen LogP contribution in [0.5, 0.6) is 0 Å². The molecule has 0 aromatic heterocycles. The van der Waals surface area contributed by atoms with Crippen molar-refractivity contribution in [3.63, 3.8) is 0 Å². The van der Waals surface area contributed by atoms with Crippen LogP contribution in [-0.2, 0) is 0 Å². The Balaban J connectivity index is 1.94. The van der Waals surface area contributed by atoms with Gasteiger partial charge in [0.15, 0.2) is 0 Å². The predicted octanol–water partition coefficient (Wildman–Crippen LogP) is 4.79. The van der Waals surface area contributed by atoms with Crippen LogP contribution >= 0.6 is 11.8 Å². The van der Waals surface area contributed by atoms with Crippen molar-refractivity contribution in [1.29, 1.82) is 0 Å². The molecular formula is C17H27NS. The molecule has 1 N–H and O–H groups in total. The van der Waals surface area contributed by atoms with Crippen LogP contribution in [0.2, 0.25) is 0 Å². The van der Waals surface area contributed by atoms with E-state index >= 15 is 0 Å². The van der Waals surface area contributed by atoms with Gasteiger partial charge in [-0.25, -0.2) is 0 Å². The van der Waals surface area contributed by atoms with E-state index < -0.39 is 0 Å². The molecule has 1 aliphatic carbocycles. The maximum atomic E-state index is 3.92. The van der Waals surface area contributed by atoms with Crippen molar-refractivity contribution in [1.82, 2.24) is 5.32 Å². The first-order chi connectivity index (χ1) is 9.33. The second-order valence-electron chi connectivity index (χ2n) is 5.64. The van der Waals surface area contributed by atoms with Gasteiger partial charge in [-0.3, -0.25) is 0 Å². The summed E-state index contributed by atoms with van der Waals surface area (Å²) in [6.45, 7) is 2.28. The summed E-state index contributed by atoms with van der Waals surface area (Å²) in [4.78, 5) is 0. The minimum absolute atomic E-state index is 0.548. The summed E-state index contributed by atoms with van der Waals surface area (Å²) >= 11 is 2.04. The van der Waals surface area contributed by atoms with Gasteiger partial charge in [0.2, 0.25) is 0 Å². The van der Waals surface area contributed by atoms with Crippen LogP contribution in [0.4, 0.5) is 0 Å². The Morgan fingerprint density at radius 1 is 1.26 bits per heavy atom. The molecule has 3 atom stereocenters. The number of benzene rings is 1. The molecule has 2 heteroatoms. The van der Waals surface area contributed by atoms with E-state index in [4.69, 9.17) is 0 Å². The van der Waals surface area contributed by atoms with Crippen LogP contribution < -0.4 is 5.32 Å². The Labute approximate surface area is 122 Å². The molecule has 0 aliphatic heterocycles. The van der Waals surface area contributed by atoms with E-state index in [1.54, 1.807) is 0 Å². The van der Waals surface area contributed by atoms with Crippen molar-refractivity contribution in [2.24, 2.45) is 0 Å². The quantitative estimate of drug-likeness (QED) is 0.769. The number of unbranched alkanes of at least 4 members (excludes halogenated alkanes) is 1. The zero-order chi connectivity index (χ0) is 13.5. The molecule has 1 fully saturated rings. The Hall–Kier alpha value is -0.470. The van der Waals surface area contributed by atoms with Crippen LogP contribution in [0.15, 0.2) is 30.3 Å². The highest BCUT2D eigenvalue weighted by molar-refractivity contribution is 7.99. The molecule has 2 rings (SSSR count). The van der Waals surface area contributed by atoms with E-state index in [1.165, 1.54) is 44.1 Å². The minimum Gasteiger partial charge on any atom is -0.307 e. The van der Waals surface area contributed by atoms with Gasteiger partial charge in [-0.2, -0.15) is 11.8 Å². The monoisotopic (exact) mass is 277 g/mol. The lowest BCUT2D eigenvalue weighted by atomic mass is 10.00. The minimum atomic E-state index is 0.548. The van der Waals surface area contributed by atoms with Crippen LogP contribution in [0.1, 0.15) is 57.1 Å². The van der Waals surface area contributed by atoms with Crippen molar-refractivity contribution in [2.75, 3.05) is 6.26 Å². The maximum absolute atomic E-state index is 3.92. The van der Waals surface area contributed by atoms with Gasteiger partial charge >= 0.3 is 0 Å². The van der Waals surface area contributed by atoms with Crippen molar-refractivity contribution in [2.45, 2.75) is 62.8 Å². The first-order valence-electron chi connectivity index (χ1n) is 7.67. The Morgan fingerprint density at radius 2 is 2.05 bits per heavy atom. The lowest BCUT2D eigenvalue weighted by molar-refractivity contribution is 0.411. The number of hydrogen-bond donors (Lipinski definition) is 1. The number of hydrogen-bond acceptors (Lipinski definition) is 2. The molecule has 0 heterocycles. The van der Waals surface area contributed by atoms with Gasteiger partial charge in [-0.1, -0.05) is 50.1 Å². The molecule has 19 heavy (non-hydrogen) atoms. The first-order valence-corrected chi connectivity index (χ1v) is 8.96. The molecule has 0 radical (unpaired) electrons. The number of thioether (sulfide) groups is 1. The van der Waals surface area contributed by atoms with E-state index in [1.807, 2.05) is 11.8 Å². The second-order valence-corrected chi connectivity index (χ2v) is 6.78. The summed E-state index contributed by atoms with van der Waals surface area (Å²) in [5.41, 5.74) is 1.46. The maximum Gasteiger partial charge on any atom is 0.0322 e. The fourth-order valence-corrected chi connectivity index (χ4v) is 3.83. The molecule has 106 valence electrons. The zero-order valence-corrected chi connectivity index (χ0v) is 13.1. The smallest absolute Gasteiger partial charge is 0.0322 e. The average molecular weight is 277 g/mol. The number of rotatable bonds is 7. The van der Waals surface area contributed by atoms with Crippen LogP contribution in [-0.4, -0.2) is 17.5 Å². The third-order valence-corrected chi connectivity index (χ3v) is 5.30. The average Bonchev–Trinajstić information content (AvgIpc) is 2.92. The van der Waals surface area contributed by atoms with Gasteiger partial charge in [0.05, 0.1) is 0 Å². The first kappa shape index (κ1) is 14.9. The van der Waals surface area contributed by atoms with Crippen molar-refractivity contribution < 1.29 is 0 Å². The third-order valence-electron chi connectivity index (χ3n) is 4.20. The molecular weight excluding hydrogens is 250 g/mol. The SMILES string of the molecule is CCCCC(NC1CCC(SC)C1)c1ccccc1. The summed E-state index contributed by atoms with van der Waals surface area (Å²) in [6.07, 6.45) is 10.2. The van der Waals surface area contributed by atoms with Gasteiger partial charge in [0.1, 0.15) is 0 Å². The van der Waals surface area contributed by atoms with Gasteiger partial charge in [-0.15, -0.1) is 0 Å². The zero-order valence-electron chi connectivity index (χ0n) is 12.3. The molecule has 3 unspecified atom stereocenters. The highest BCUT2D eigenvalue weighted by Crippen LogP contribution is 2.30. The van der Waals surface area contributed by atoms with Crippen LogP contribution in [0.3, 0.4) is 0 Å². The molecule has 1 nitrogen and oxygen atoms in total. The van der Waals surface area contributed by atoms with E-state index in [0.717, 1.165) is 11.3 Å². The molecule has 0 spiro atoms. The third kappa shape index (κ3) is 4.54. The van der Waals surface area contributed by atoms with Crippen molar-refractivity contribution >= 4 is 11.8 Å². The van der Waals surface area contributed by atoms with E-state index in [-0.39, 0.29) is 0 Å². The predicted molar refractivity (Wildman–Crippen MR) is 86.8 cm³/mol. The Bertz CT molecular complexity index is 352. The van der Waals surface area contributed by atoms with Crippen LogP contribution in [0, 0.1) is 0 Å². The van der Waals surface area contributed by atoms with E-state index in [2.05, 4.69) is 48.8 Å². The number of nitrogens with one attached hydrogen (secondary N) is 1. The standard InChI is InChI=1S/C17H27NS/c1-3-4-10-17(14-8-6-5-7-9-14)18-15-11-12-16(13-15)19-2/h5-9,15-18H,3-4,10-13H2,1-2H3. The lowest BCUT2D eigenvalue weighted by Crippen LogP contribution is -2.31. The molecule has 1 saturated carbocycles. The normalized spacial score (nSPS) is 24.5. The summed E-state index contributed by atoms with van der Waals surface area (Å²) in [7, 11) is 0. The van der Waals surface area contributed by atoms with Gasteiger partial charge < -0.3 is 5.32 Å². The molecule has 1 aliphatic rings. The highest BCUT2D eigenvalue weighted by Gasteiger charge is 2.26. The molecule has 0 bridgehead atoms. The largest absolute Gasteiger partial charge is 0.307 e. The van der Waals surface area contributed by atoms with Crippen molar-refractivity contribution in [3.05, 3.63) is 35.9 Å². The molecule has 1 aromatic carbocycles. The Morgan fingerprint density at radius 3 is 2.68 bits per heavy atom. The summed E-state index contributed by atoms with van der Waals surface area (Å²) < 4.78 is 0. The summed E-state index contributed by atoms with van der Waals surface area (Å²) in [5, 5.41) is 4.79.